The zero-order chi connectivity index (χ0) is 13.9. The maximum absolute atomic E-state index is 11.6. The minimum absolute atomic E-state index is 0.102. The topological polar surface area (TPSA) is 43.1 Å². The number of nitrogens with two attached hydrogens (primary N) is 1. The van der Waals surface area contributed by atoms with Crippen LogP contribution in [0.3, 0.4) is 0 Å². The highest BCUT2D eigenvalue weighted by molar-refractivity contribution is 5.80. The van der Waals surface area contributed by atoms with Gasteiger partial charge in [0.05, 0.1) is 0 Å². The molecule has 2 heteroatoms. The molecular weight excluding hydrogens is 222 g/mol. The zero-order valence-electron chi connectivity index (χ0n) is 12.8. The highest BCUT2D eigenvalue weighted by atomic mass is 16.1. The fourth-order valence-electron chi connectivity index (χ4n) is 2.43. The van der Waals surface area contributed by atoms with E-state index in [1.54, 1.807) is 0 Å². The molecule has 0 heterocycles. The van der Waals surface area contributed by atoms with Crippen LogP contribution in [0, 0.1) is 5.41 Å². The lowest BCUT2D eigenvalue weighted by Gasteiger charge is -2.26. The SMILES string of the molecule is CCCCCCCC(C)(CCCCCC)C(N)=O. The molecule has 0 fully saturated rings. The van der Waals surface area contributed by atoms with E-state index in [1.807, 2.05) is 0 Å². The Morgan fingerprint density at radius 2 is 1.22 bits per heavy atom. The van der Waals surface area contributed by atoms with E-state index in [4.69, 9.17) is 5.73 Å². The molecule has 0 spiro atoms. The third-order valence-corrected chi connectivity index (χ3v) is 4.01. The second-order valence-electron chi connectivity index (χ2n) is 5.90. The number of primary amides is 1. The molecule has 1 amide bonds. The Kier molecular flexibility index (Phi) is 10.1. The molecule has 108 valence electrons. The summed E-state index contributed by atoms with van der Waals surface area (Å²) in [4.78, 5) is 11.6. The van der Waals surface area contributed by atoms with Crippen molar-refractivity contribution in [2.75, 3.05) is 0 Å². The van der Waals surface area contributed by atoms with Crippen molar-refractivity contribution in [1.82, 2.24) is 0 Å². The van der Waals surface area contributed by atoms with Crippen molar-refractivity contribution < 1.29 is 4.79 Å². The van der Waals surface area contributed by atoms with E-state index in [0.29, 0.717) is 0 Å². The third-order valence-electron chi connectivity index (χ3n) is 4.01. The van der Waals surface area contributed by atoms with Crippen molar-refractivity contribution in [3.05, 3.63) is 0 Å². The van der Waals surface area contributed by atoms with Crippen LogP contribution in [-0.4, -0.2) is 5.91 Å². The standard InChI is InChI=1S/C16H33NO/c1-4-6-8-10-12-14-16(3,15(17)18)13-11-9-7-5-2/h4-14H2,1-3H3,(H2,17,18). The fourth-order valence-corrected chi connectivity index (χ4v) is 2.43. The van der Waals surface area contributed by atoms with Crippen molar-refractivity contribution in [2.24, 2.45) is 11.1 Å². The molecule has 1 atom stereocenters. The van der Waals surface area contributed by atoms with Crippen molar-refractivity contribution in [3.63, 3.8) is 0 Å². The lowest BCUT2D eigenvalue weighted by Crippen LogP contribution is -2.34. The molecule has 0 saturated heterocycles. The van der Waals surface area contributed by atoms with Gasteiger partial charge in [-0.1, -0.05) is 78.6 Å². The van der Waals surface area contributed by atoms with E-state index >= 15 is 0 Å². The molecule has 0 aromatic carbocycles. The largest absolute Gasteiger partial charge is 0.369 e. The van der Waals surface area contributed by atoms with Crippen molar-refractivity contribution in [1.29, 1.82) is 0 Å². The summed E-state index contributed by atoms with van der Waals surface area (Å²) < 4.78 is 0. The number of amides is 1. The molecule has 0 aliphatic rings. The molecular formula is C16H33NO. The molecule has 18 heavy (non-hydrogen) atoms. The highest BCUT2D eigenvalue weighted by Crippen LogP contribution is 2.31. The van der Waals surface area contributed by atoms with Crippen molar-refractivity contribution in [3.8, 4) is 0 Å². The summed E-state index contributed by atoms with van der Waals surface area (Å²) in [6.07, 6.45) is 13.1. The Hall–Kier alpha value is -0.530. The molecule has 0 saturated carbocycles. The first-order valence-corrected chi connectivity index (χ1v) is 7.86. The van der Waals surface area contributed by atoms with Gasteiger partial charge in [0.15, 0.2) is 0 Å². The molecule has 0 radical (unpaired) electrons. The minimum atomic E-state index is -0.264. The Bertz CT molecular complexity index is 215. The predicted octanol–water partition coefficient (Wildman–Crippen LogP) is 4.81. The first kappa shape index (κ1) is 17.5. The van der Waals surface area contributed by atoms with Gasteiger partial charge >= 0.3 is 0 Å². The quantitative estimate of drug-likeness (QED) is 0.500. The number of hydrogen-bond acceptors (Lipinski definition) is 1. The average molecular weight is 255 g/mol. The molecule has 0 bridgehead atoms. The minimum Gasteiger partial charge on any atom is -0.369 e. The Morgan fingerprint density at radius 3 is 1.61 bits per heavy atom. The van der Waals surface area contributed by atoms with Crippen LogP contribution in [0.2, 0.25) is 0 Å². The molecule has 0 aromatic heterocycles. The number of carbonyl (C=O) groups is 1. The maximum Gasteiger partial charge on any atom is 0.223 e. The molecule has 0 aliphatic heterocycles. The summed E-state index contributed by atoms with van der Waals surface area (Å²) >= 11 is 0. The van der Waals surface area contributed by atoms with Gasteiger partial charge in [-0.15, -0.1) is 0 Å². The van der Waals surface area contributed by atoms with E-state index in [9.17, 15) is 4.79 Å². The van der Waals surface area contributed by atoms with Gasteiger partial charge in [-0.05, 0) is 12.8 Å². The Morgan fingerprint density at radius 1 is 0.833 bits per heavy atom. The lowest BCUT2D eigenvalue weighted by molar-refractivity contribution is -0.127. The smallest absolute Gasteiger partial charge is 0.223 e. The van der Waals surface area contributed by atoms with E-state index in [1.165, 1.54) is 44.9 Å². The molecule has 2 N–H and O–H groups in total. The van der Waals surface area contributed by atoms with E-state index in [2.05, 4.69) is 20.8 Å². The van der Waals surface area contributed by atoms with Crippen LogP contribution in [0.4, 0.5) is 0 Å². The van der Waals surface area contributed by atoms with Gasteiger partial charge in [-0.3, -0.25) is 4.79 Å². The van der Waals surface area contributed by atoms with Crippen LogP contribution in [0.1, 0.15) is 91.4 Å². The van der Waals surface area contributed by atoms with Crippen LogP contribution in [-0.2, 0) is 4.79 Å². The molecule has 0 rings (SSSR count). The third kappa shape index (κ3) is 7.73. The van der Waals surface area contributed by atoms with Gasteiger partial charge < -0.3 is 5.73 Å². The molecule has 0 aromatic rings. The van der Waals surface area contributed by atoms with Crippen molar-refractivity contribution in [2.45, 2.75) is 91.4 Å². The fraction of sp³-hybridized carbons (Fsp3) is 0.938. The number of hydrogen-bond donors (Lipinski definition) is 1. The predicted molar refractivity (Wildman–Crippen MR) is 79.4 cm³/mol. The van der Waals surface area contributed by atoms with Gasteiger partial charge in [-0.2, -0.15) is 0 Å². The second-order valence-corrected chi connectivity index (χ2v) is 5.90. The van der Waals surface area contributed by atoms with Crippen LogP contribution < -0.4 is 5.73 Å². The summed E-state index contributed by atoms with van der Waals surface area (Å²) in [5.74, 6) is -0.102. The van der Waals surface area contributed by atoms with Crippen LogP contribution in [0.5, 0.6) is 0 Å². The summed E-state index contributed by atoms with van der Waals surface area (Å²) in [5, 5.41) is 0. The summed E-state index contributed by atoms with van der Waals surface area (Å²) in [6.45, 7) is 6.49. The van der Waals surface area contributed by atoms with E-state index in [0.717, 1.165) is 25.7 Å². The Labute approximate surface area is 114 Å². The van der Waals surface area contributed by atoms with Crippen LogP contribution in [0.25, 0.3) is 0 Å². The maximum atomic E-state index is 11.6. The lowest BCUT2D eigenvalue weighted by atomic mass is 9.79. The van der Waals surface area contributed by atoms with Crippen LogP contribution >= 0.6 is 0 Å². The summed E-state index contributed by atoms with van der Waals surface area (Å²) in [7, 11) is 0. The first-order valence-electron chi connectivity index (χ1n) is 7.86. The summed E-state index contributed by atoms with van der Waals surface area (Å²) in [5.41, 5.74) is 5.32. The van der Waals surface area contributed by atoms with Gasteiger partial charge in [0.25, 0.3) is 0 Å². The van der Waals surface area contributed by atoms with Gasteiger partial charge in [0, 0.05) is 5.41 Å². The van der Waals surface area contributed by atoms with Gasteiger partial charge in [0.1, 0.15) is 0 Å². The molecule has 0 aliphatic carbocycles. The number of unbranched alkanes of at least 4 members (excludes halogenated alkanes) is 7. The van der Waals surface area contributed by atoms with Crippen molar-refractivity contribution >= 4 is 5.91 Å². The molecule has 2 nitrogen and oxygen atoms in total. The number of rotatable bonds is 12. The molecule has 1 unspecified atom stereocenters. The highest BCUT2D eigenvalue weighted by Gasteiger charge is 2.29. The first-order chi connectivity index (χ1) is 8.56. The number of carbonyl (C=O) groups excluding carboxylic acids is 1. The van der Waals surface area contributed by atoms with Gasteiger partial charge in [0.2, 0.25) is 5.91 Å². The van der Waals surface area contributed by atoms with E-state index < -0.39 is 0 Å². The van der Waals surface area contributed by atoms with E-state index in [-0.39, 0.29) is 11.3 Å². The Balaban J connectivity index is 3.90. The average Bonchev–Trinajstić information content (AvgIpc) is 2.34. The monoisotopic (exact) mass is 255 g/mol. The zero-order valence-corrected chi connectivity index (χ0v) is 12.8. The second kappa shape index (κ2) is 10.4. The normalized spacial score (nSPS) is 14.4. The van der Waals surface area contributed by atoms with Crippen LogP contribution in [0.15, 0.2) is 0 Å². The summed E-state index contributed by atoms with van der Waals surface area (Å²) in [6, 6.07) is 0. The van der Waals surface area contributed by atoms with Gasteiger partial charge in [-0.25, -0.2) is 0 Å².